The fourth-order valence-electron chi connectivity index (χ4n) is 8.34. The van der Waals surface area contributed by atoms with E-state index in [1.165, 1.54) is 11.9 Å². The van der Waals surface area contributed by atoms with Gasteiger partial charge in [0.15, 0.2) is 23.2 Å². The van der Waals surface area contributed by atoms with Crippen LogP contribution in [0.3, 0.4) is 0 Å². The van der Waals surface area contributed by atoms with Gasteiger partial charge in [0.1, 0.15) is 30.8 Å². The fraction of sp³-hybridized carbons (Fsp3) is 0.451. The van der Waals surface area contributed by atoms with Crippen LogP contribution in [0.1, 0.15) is 104 Å². The Balaban J connectivity index is 1.58. The molecule has 350 valence electrons. The lowest BCUT2D eigenvalue weighted by molar-refractivity contribution is -0.142. The average molecular weight is 901 g/mol. The van der Waals surface area contributed by atoms with Crippen LogP contribution in [0.15, 0.2) is 60.7 Å². The average Bonchev–Trinajstić information content (AvgIpc) is 3.28. The molecule has 4 aromatic rings. The standard InChI is InChI=1S/C51H64N8O7/c1-30-24-43(62)47(59(7)50(64)36(17-19-53)29-42(61)46-31(2)56-48(57-32(46)3)35-10-8-11-37(27-35)51(4,5)6)34-14-16-45(66-23-21-55)39(28-34)38-25-33(13-15-44(38)65-22-20-54)26-40(58-49(30)63)41(60)12-9-18-52/h8,10-11,13-16,25,27-28,30,36,40,47H,9,12,17,19-24,26,29,53-55H2,1-7H3,(H,58,63)/t30-,36-,40+,47+/m1/s1. The number of fused-ring (bicyclic) bond motifs is 5. The lowest BCUT2D eigenvalue weighted by atomic mass is 9.86. The number of benzene rings is 3. The van der Waals surface area contributed by atoms with Crippen LogP contribution >= 0.6 is 0 Å². The lowest BCUT2D eigenvalue weighted by Crippen LogP contribution is -2.46. The summed E-state index contributed by atoms with van der Waals surface area (Å²) in [6, 6.07) is 18.2. The fourth-order valence-corrected chi connectivity index (χ4v) is 8.34. The van der Waals surface area contributed by atoms with Crippen LogP contribution in [-0.2, 0) is 31.0 Å². The second-order valence-corrected chi connectivity index (χ2v) is 18.0. The predicted octanol–water partition coefficient (Wildman–Crippen LogP) is 5.65. The summed E-state index contributed by atoms with van der Waals surface area (Å²) in [5, 5.41) is 12.1. The van der Waals surface area contributed by atoms with E-state index in [1.54, 1.807) is 51.1 Å². The minimum absolute atomic E-state index is 0.0319. The summed E-state index contributed by atoms with van der Waals surface area (Å²) in [6.45, 7) is 12.3. The molecule has 0 saturated heterocycles. The van der Waals surface area contributed by atoms with Crippen LogP contribution in [-0.4, -0.2) is 90.0 Å². The van der Waals surface area contributed by atoms with Gasteiger partial charge in [-0.15, -0.1) is 0 Å². The Bertz CT molecular complexity index is 2450. The Morgan fingerprint density at radius 1 is 0.894 bits per heavy atom. The van der Waals surface area contributed by atoms with E-state index in [2.05, 4.69) is 32.2 Å². The molecule has 7 N–H and O–H groups in total. The number of nitriles is 1. The first-order chi connectivity index (χ1) is 31.4. The summed E-state index contributed by atoms with van der Waals surface area (Å²) in [4.78, 5) is 82.0. The first kappa shape index (κ1) is 50.7. The molecule has 0 aliphatic carbocycles. The van der Waals surface area contributed by atoms with Crippen molar-refractivity contribution in [3.8, 4) is 40.1 Å². The SMILES string of the molecule is Cc1nc(-c2cccc(C(C)(C)C)c2)nc(C)c1C(=O)C[C@@H](CCN)C(=O)N(C)[C@@H]1C(=O)C[C@@H](C)C(=O)N[C@H](C(=O)CCC#N)Cc2ccc(OCCN)c(c2)-c2cc1ccc2OCCN. The highest BCUT2D eigenvalue weighted by Gasteiger charge is 2.36. The molecule has 15 heteroatoms. The molecule has 0 saturated carbocycles. The van der Waals surface area contributed by atoms with Crippen molar-refractivity contribution in [3.05, 3.63) is 94.3 Å². The first-order valence-electron chi connectivity index (χ1n) is 22.5. The molecule has 1 aliphatic rings. The Morgan fingerprint density at radius 3 is 2.14 bits per heavy atom. The molecule has 0 fully saturated rings. The second-order valence-electron chi connectivity index (χ2n) is 18.0. The summed E-state index contributed by atoms with van der Waals surface area (Å²) >= 11 is 0. The van der Waals surface area contributed by atoms with Crippen molar-refractivity contribution in [2.75, 3.05) is 39.9 Å². The third-order valence-electron chi connectivity index (χ3n) is 11.9. The van der Waals surface area contributed by atoms with Crippen LogP contribution < -0.4 is 32.0 Å². The minimum atomic E-state index is -1.24. The molecule has 4 bridgehead atoms. The highest BCUT2D eigenvalue weighted by atomic mass is 16.5. The number of rotatable bonds is 17. The van der Waals surface area contributed by atoms with Gasteiger partial charge in [0.05, 0.1) is 29.1 Å². The maximum atomic E-state index is 14.8. The van der Waals surface area contributed by atoms with E-state index >= 15 is 0 Å². The molecule has 3 aromatic carbocycles. The van der Waals surface area contributed by atoms with Crippen molar-refractivity contribution in [2.45, 2.75) is 97.6 Å². The third-order valence-corrected chi connectivity index (χ3v) is 11.9. The molecule has 4 atom stereocenters. The first-order valence-corrected chi connectivity index (χ1v) is 22.5. The number of nitrogens with one attached hydrogen (secondary N) is 1. The molecule has 2 heterocycles. The lowest BCUT2D eigenvalue weighted by Gasteiger charge is -2.32. The van der Waals surface area contributed by atoms with Crippen molar-refractivity contribution in [2.24, 2.45) is 29.0 Å². The van der Waals surface area contributed by atoms with Gasteiger partial charge >= 0.3 is 0 Å². The molecule has 66 heavy (non-hydrogen) atoms. The van der Waals surface area contributed by atoms with E-state index in [-0.39, 0.29) is 88.4 Å². The zero-order chi connectivity index (χ0) is 48.3. The van der Waals surface area contributed by atoms with Crippen LogP contribution in [0, 0.1) is 37.0 Å². The van der Waals surface area contributed by atoms with Gasteiger partial charge in [-0.05, 0) is 85.7 Å². The number of hydrogen-bond donors (Lipinski definition) is 4. The quantitative estimate of drug-likeness (QED) is 0.0938. The number of aromatic nitrogens is 2. The van der Waals surface area contributed by atoms with E-state index in [9.17, 15) is 29.2 Å². The molecule has 1 aromatic heterocycles. The second kappa shape index (κ2) is 22.7. The number of carbonyl (C=O) groups excluding carboxylic acids is 5. The zero-order valence-electron chi connectivity index (χ0n) is 39.2. The van der Waals surface area contributed by atoms with Crippen LogP contribution in [0.5, 0.6) is 11.5 Å². The Labute approximate surface area is 387 Å². The van der Waals surface area contributed by atoms with Crippen molar-refractivity contribution in [1.82, 2.24) is 20.2 Å². The Morgan fingerprint density at radius 2 is 1.53 bits per heavy atom. The van der Waals surface area contributed by atoms with Gasteiger partial charge < -0.3 is 36.9 Å². The van der Waals surface area contributed by atoms with Crippen LogP contribution in [0.4, 0.5) is 0 Å². The summed E-state index contributed by atoms with van der Waals surface area (Å²) in [5.74, 6) is -2.68. The van der Waals surface area contributed by atoms with Gasteiger partial charge in [0, 0.05) is 74.3 Å². The molecule has 5 rings (SSSR count). The molecule has 1 aliphatic heterocycles. The van der Waals surface area contributed by atoms with Crippen molar-refractivity contribution < 1.29 is 33.4 Å². The smallest absolute Gasteiger partial charge is 0.226 e. The summed E-state index contributed by atoms with van der Waals surface area (Å²) in [5.41, 5.74) is 23.1. The minimum Gasteiger partial charge on any atom is -0.492 e. The summed E-state index contributed by atoms with van der Waals surface area (Å²) in [7, 11) is 1.51. The topological polar surface area (TPSA) is 247 Å². The van der Waals surface area contributed by atoms with Gasteiger partial charge in [-0.25, -0.2) is 9.97 Å². The van der Waals surface area contributed by atoms with Crippen molar-refractivity contribution >= 4 is 29.2 Å². The van der Waals surface area contributed by atoms with Gasteiger partial charge in [-0.3, -0.25) is 24.0 Å². The Kier molecular flexibility index (Phi) is 17.4. The number of Topliss-reactive ketones (excluding diaryl/α,β-unsaturated/α-hetero) is 3. The van der Waals surface area contributed by atoms with Crippen LogP contribution in [0.2, 0.25) is 0 Å². The predicted molar refractivity (Wildman–Crippen MR) is 253 cm³/mol. The molecular weight excluding hydrogens is 837 g/mol. The number of nitrogens with zero attached hydrogens (tertiary/aromatic N) is 4. The number of likely N-dealkylation sites (N-methyl/N-ethyl adjacent to an activating group) is 1. The number of aryl methyl sites for hydroxylation is 2. The number of carbonyl (C=O) groups is 5. The highest BCUT2D eigenvalue weighted by molar-refractivity contribution is 6.01. The largest absolute Gasteiger partial charge is 0.492 e. The van der Waals surface area contributed by atoms with Crippen molar-refractivity contribution in [3.63, 3.8) is 0 Å². The zero-order valence-corrected chi connectivity index (χ0v) is 39.2. The van der Waals surface area contributed by atoms with Gasteiger partial charge in [-0.1, -0.05) is 58.0 Å². The number of nitrogens with two attached hydrogens (primary N) is 3. The number of hydrogen-bond acceptors (Lipinski definition) is 13. The maximum Gasteiger partial charge on any atom is 0.226 e. The number of ether oxygens (including phenoxy) is 2. The number of amides is 2. The third kappa shape index (κ3) is 12.3. The molecule has 15 nitrogen and oxygen atoms in total. The molecule has 0 spiro atoms. The molecular formula is C51H64N8O7. The van der Waals surface area contributed by atoms with Gasteiger partial charge in [0.2, 0.25) is 11.8 Å². The Hall–Kier alpha value is -6.34. The van der Waals surface area contributed by atoms with Gasteiger partial charge in [0.25, 0.3) is 0 Å². The van der Waals surface area contributed by atoms with Gasteiger partial charge in [-0.2, -0.15) is 5.26 Å². The van der Waals surface area contributed by atoms with E-state index in [1.807, 2.05) is 30.3 Å². The molecule has 2 amide bonds. The van der Waals surface area contributed by atoms with E-state index in [4.69, 9.17) is 36.6 Å². The number of ketones is 3. The normalized spacial score (nSPS) is 16.9. The maximum absolute atomic E-state index is 14.8. The summed E-state index contributed by atoms with van der Waals surface area (Å²) < 4.78 is 12.3. The molecule has 0 radical (unpaired) electrons. The molecule has 0 unspecified atom stereocenters. The van der Waals surface area contributed by atoms with Crippen LogP contribution in [0.25, 0.3) is 22.5 Å². The van der Waals surface area contributed by atoms with E-state index in [0.29, 0.717) is 56.5 Å². The van der Waals surface area contributed by atoms with E-state index in [0.717, 1.165) is 11.1 Å². The summed E-state index contributed by atoms with van der Waals surface area (Å²) in [6.07, 6.45) is -0.402. The van der Waals surface area contributed by atoms with E-state index < -0.39 is 41.5 Å². The highest BCUT2D eigenvalue weighted by Crippen LogP contribution is 2.41. The monoisotopic (exact) mass is 900 g/mol. The van der Waals surface area contributed by atoms with Crippen molar-refractivity contribution in [1.29, 1.82) is 5.26 Å².